The van der Waals surface area contributed by atoms with Crippen molar-refractivity contribution in [2.24, 2.45) is 0 Å². The molecule has 3 aromatic carbocycles. The van der Waals surface area contributed by atoms with E-state index < -0.39 is 0 Å². The highest BCUT2D eigenvalue weighted by molar-refractivity contribution is 6.05. The van der Waals surface area contributed by atoms with Gasteiger partial charge in [-0.25, -0.2) is 0 Å². The van der Waals surface area contributed by atoms with Crippen molar-refractivity contribution in [1.82, 2.24) is 0 Å². The molecule has 1 amide bonds. The summed E-state index contributed by atoms with van der Waals surface area (Å²) in [6.45, 7) is 2.15. The summed E-state index contributed by atoms with van der Waals surface area (Å²) in [5, 5.41) is 5.64. The van der Waals surface area contributed by atoms with Crippen LogP contribution in [0.5, 0.6) is 0 Å². The maximum absolute atomic E-state index is 12.4. The van der Waals surface area contributed by atoms with E-state index in [2.05, 4.69) is 66.8 Å². The van der Waals surface area contributed by atoms with Crippen LogP contribution in [-0.2, 0) is 30.5 Å². The summed E-state index contributed by atoms with van der Waals surface area (Å²) in [7, 11) is 0. The van der Waals surface area contributed by atoms with E-state index in [1.807, 2.05) is 0 Å². The molecule has 3 aromatic rings. The highest BCUT2D eigenvalue weighted by atomic mass is 16.1. The standard InChI is InChI=1S/C23H23NO/c1-2-16-6-8-17(9-7-16)10-15-22(25)24-21-14-13-19-12-11-18-4-3-5-20(21)23(18)19/h3-9,13-14H,2,10-12,15H2,1H3,(H,24,25). The van der Waals surface area contributed by atoms with Crippen molar-refractivity contribution in [1.29, 1.82) is 0 Å². The van der Waals surface area contributed by atoms with E-state index >= 15 is 0 Å². The van der Waals surface area contributed by atoms with Crippen molar-refractivity contribution in [3.05, 3.63) is 76.9 Å². The SMILES string of the molecule is CCc1ccc(CCC(=O)Nc2ccc3c4c(cccc24)CC3)cc1. The largest absolute Gasteiger partial charge is 0.326 e. The fourth-order valence-electron chi connectivity index (χ4n) is 3.77. The maximum Gasteiger partial charge on any atom is 0.224 e. The van der Waals surface area contributed by atoms with E-state index in [4.69, 9.17) is 0 Å². The van der Waals surface area contributed by atoms with Gasteiger partial charge < -0.3 is 5.32 Å². The van der Waals surface area contributed by atoms with E-state index in [0.717, 1.165) is 31.4 Å². The third kappa shape index (κ3) is 3.17. The fourth-order valence-corrected chi connectivity index (χ4v) is 3.77. The van der Waals surface area contributed by atoms with Crippen LogP contribution < -0.4 is 5.32 Å². The van der Waals surface area contributed by atoms with Gasteiger partial charge in [0.05, 0.1) is 0 Å². The van der Waals surface area contributed by atoms with Crippen molar-refractivity contribution in [2.45, 2.75) is 39.0 Å². The number of hydrogen-bond donors (Lipinski definition) is 1. The third-order valence-electron chi connectivity index (χ3n) is 5.22. The second-order valence-electron chi connectivity index (χ2n) is 6.83. The first-order valence-electron chi connectivity index (χ1n) is 9.16. The molecule has 1 aliphatic carbocycles. The number of hydrogen-bond acceptors (Lipinski definition) is 1. The lowest BCUT2D eigenvalue weighted by Crippen LogP contribution is -2.12. The number of anilines is 1. The summed E-state index contributed by atoms with van der Waals surface area (Å²) in [4.78, 5) is 12.4. The molecule has 126 valence electrons. The molecule has 0 atom stereocenters. The van der Waals surface area contributed by atoms with Gasteiger partial charge in [-0.1, -0.05) is 55.5 Å². The van der Waals surface area contributed by atoms with Crippen LogP contribution in [0.3, 0.4) is 0 Å². The number of amides is 1. The average Bonchev–Trinajstić information content (AvgIpc) is 3.07. The summed E-state index contributed by atoms with van der Waals surface area (Å²) < 4.78 is 0. The van der Waals surface area contributed by atoms with Crippen molar-refractivity contribution < 1.29 is 4.79 Å². The zero-order valence-electron chi connectivity index (χ0n) is 14.6. The first kappa shape index (κ1) is 15.9. The van der Waals surface area contributed by atoms with Crippen LogP contribution in [0, 0.1) is 0 Å². The molecular weight excluding hydrogens is 306 g/mol. The van der Waals surface area contributed by atoms with Gasteiger partial charge in [0.1, 0.15) is 0 Å². The average molecular weight is 329 g/mol. The Morgan fingerprint density at radius 2 is 1.64 bits per heavy atom. The molecular formula is C23H23NO. The Balaban J connectivity index is 1.47. The molecule has 25 heavy (non-hydrogen) atoms. The highest BCUT2D eigenvalue weighted by Gasteiger charge is 2.16. The number of carbonyl (C=O) groups excluding carboxylic acids is 1. The van der Waals surface area contributed by atoms with Crippen LogP contribution in [0.15, 0.2) is 54.6 Å². The third-order valence-corrected chi connectivity index (χ3v) is 5.22. The van der Waals surface area contributed by atoms with Crippen molar-refractivity contribution in [3.8, 4) is 0 Å². The second kappa shape index (κ2) is 6.72. The van der Waals surface area contributed by atoms with Crippen LogP contribution in [-0.4, -0.2) is 5.91 Å². The molecule has 1 N–H and O–H groups in total. The number of benzene rings is 3. The lowest BCUT2D eigenvalue weighted by molar-refractivity contribution is -0.116. The molecule has 0 spiro atoms. The Kier molecular flexibility index (Phi) is 4.27. The van der Waals surface area contributed by atoms with Crippen LogP contribution in [0.1, 0.15) is 35.6 Å². The van der Waals surface area contributed by atoms with E-state index in [-0.39, 0.29) is 5.91 Å². The number of nitrogens with one attached hydrogen (secondary N) is 1. The Hall–Kier alpha value is -2.61. The Labute approximate surface area is 148 Å². The van der Waals surface area contributed by atoms with Crippen molar-refractivity contribution >= 4 is 22.4 Å². The molecule has 0 bridgehead atoms. The van der Waals surface area contributed by atoms with Crippen molar-refractivity contribution in [3.63, 3.8) is 0 Å². The molecule has 0 aliphatic heterocycles. The smallest absolute Gasteiger partial charge is 0.224 e. The quantitative estimate of drug-likeness (QED) is 0.695. The minimum atomic E-state index is 0.0817. The molecule has 0 heterocycles. The minimum Gasteiger partial charge on any atom is -0.326 e. The van der Waals surface area contributed by atoms with Crippen molar-refractivity contribution in [2.75, 3.05) is 5.32 Å². The highest BCUT2D eigenvalue weighted by Crippen LogP contribution is 2.35. The zero-order valence-corrected chi connectivity index (χ0v) is 14.6. The summed E-state index contributed by atoms with van der Waals surface area (Å²) in [6, 6.07) is 19.2. The molecule has 2 heteroatoms. The molecule has 1 aliphatic rings. The molecule has 0 radical (unpaired) electrons. The molecule has 4 rings (SSSR count). The molecule has 0 fully saturated rings. The lowest BCUT2D eigenvalue weighted by atomic mass is 10.0. The predicted molar refractivity (Wildman–Crippen MR) is 104 cm³/mol. The molecule has 0 saturated carbocycles. The van der Waals surface area contributed by atoms with Gasteiger partial charge in [0.15, 0.2) is 0 Å². The van der Waals surface area contributed by atoms with E-state index in [0.29, 0.717) is 6.42 Å². The first-order valence-corrected chi connectivity index (χ1v) is 9.16. The van der Waals surface area contributed by atoms with Gasteiger partial charge in [-0.2, -0.15) is 0 Å². The topological polar surface area (TPSA) is 29.1 Å². The van der Waals surface area contributed by atoms with Crippen LogP contribution in [0.2, 0.25) is 0 Å². The summed E-state index contributed by atoms with van der Waals surface area (Å²) in [5.41, 5.74) is 6.29. The van der Waals surface area contributed by atoms with Gasteiger partial charge in [-0.3, -0.25) is 4.79 Å². The first-order chi connectivity index (χ1) is 12.2. The van der Waals surface area contributed by atoms with E-state index in [1.54, 1.807) is 0 Å². The van der Waals surface area contributed by atoms with Gasteiger partial charge in [0.2, 0.25) is 5.91 Å². The Morgan fingerprint density at radius 3 is 2.40 bits per heavy atom. The fraction of sp³-hybridized carbons (Fsp3) is 0.261. The zero-order chi connectivity index (χ0) is 17.2. The van der Waals surface area contributed by atoms with Crippen LogP contribution in [0.4, 0.5) is 5.69 Å². The number of rotatable bonds is 5. The normalized spacial score (nSPS) is 12.5. The van der Waals surface area contributed by atoms with Crippen LogP contribution >= 0.6 is 0 Å². The van der Waals surface area contributed by atoms with E-state index in [1.165, 1.54) is 33.0 Å². The molecule has 0 unspecified atom stereocenters. The van der Waals surface area contributed by atoms with Gasteiger partial charge in [0.25, 0.3) is 0 Å². The van der Waals surface area contributed by atoms with Crippen LogP contribution in [0.25, 0.3) is 10.8 Å². The summed E-state index contributed by atoms with van der Waals surface area (Å²) >= 11 is 0. The van der Waals surface area contributed by atoms with E-state index in [9.17, 15) is 4.79 Å². The van der Waals surface area contributed by atoms with Gasteiger partial charge in [-0.05, 0) is 59.4 Å². The Morgan fingerprint density at radius 1 is 0.920 bits per heavy atom. The monoisotopic (exact) mass is 329 g/mol. The predicted octanol–water partition coefficient (Wildman–Crippen LogP) is 5.07. The number of aryl methyl sites for hydroxylation is 4. The van der Waals surface area contributed by atoms with Gasteiger partial charge in [-0.15, -0.1) is 0 Å². The molecule has 2 nitrogen and oxygen atoms in total. The molecule has 0 aromatic heterocycles. The van der Waals surface area contributed by atoms with Gasteiger partial charge in [0, 0.05) is 17.5 Å². The maximum atomic E-state index is 12.4. The summed E-state index contributed by atoms with van der Waals surface area (Å²) in [5.74, 6) is 0.0817. The second-order valence-corrected chi connectivity index (χ2v) is 6.83. The molecule has 0 saturated heterocycles. The minimum absolute atomic E-state index is 0.0817. The summed E-state index contributed by atoms with van der Waals surface area (Å²) in [6.07, 6.45) is 4.55. The lowest BCUT2D eigenvalue weighted by Gasteiger charge is -2.11. The number of carbonyl (C=O) groups is 1. The Bertz CT molecular complexity index is 914. The van der Waals surface area contributed by atoms with Gasteiger partial charge >= 0.3 is 0 Å².